The van der Waals surface area contributed by atoms with Gasteiger partial charge in [-0.3, -0.25) is 4.79 Å². The summed E-state index contributed by atoms with van der Waals surface area (Å²) in [5.74, 6) is -1.79. The zero-order valence-electron chi connectivity index (χ0n) is 11.3. The van der Waals surface area contributed by atoms with Crippen LogP contribution in [0, 0.1) is 0 Å². The fourth-order valence-electron chi connectivity index (χ4n) is 1.86. The van der Waals surface area contributed by atoms with E-state index >= 15 is 0 Å². The maximum Gasteiger partial charge on any atom is 0.375 e. The zero-order valence-corrected chi connectivity index (χ0v) is 11.3. The third kappa shape index (κ3) is 3.54. The van der Waals surface area contributed by atoms with Crippen LogP contribution < -0.4 is 0 Å². The standard InChI is InChI=1S/C17H16O3/c1-13(15-10-6-3-7-11-15)16(18)17(19)20-12-14-8-4-2-5-9-14/h2-11,13H,12H2,1H3. The highest BCUT2D eigenvalue weighted by atomic mass is 16.5. The Morgan fingerprint density at radius 2 is 1.50 bits per heavy atom. The molecule has 0 bridgehead atoms. The van der Waals surface area contributed by atoms with Crippen molar-refractivity contribution in [1.29, 1.82) is 0 Å². The van der Waals surface area contributed by atoms with Gasteiger partial charge in [0, 0.05) is 0 Å². The molecule has 0 spiro atoms. The van der Waals surface area contributed by atoms with Crippen LogP contribution in [0.25, 0.3) is 0 Å². The summed E-state index contributed by atoms with van der Waals surface area (Å²) in [6.45, 7) is 1.83. The number of carbonyl (C=O) groups is 2. The third-order valence-corrected chi connectivity index (χ3v) is 3.11. The van der Waals surface area contributed by atoms with E-state index < -0.39 is 17.7 Å². The van der Waals surface area contributed by atoms with Crippen LogP contribution in [-0.2, 0) is 20.9 Å². The van der Waals surface area contributed by atoms with Crippen molar-refractivity contribution in [3.05, 3.63) is 71.8 Å². The van der Waals surface area contributed by atoms with Gasteiger partial charge in [-0.2, -0.15) is 0 Å². The maximum atomic E-state index is 12.0. The molecule has 1 unspecified atom stereocenters. The Hall–Kier alpha value is -2.42. The van der Waals surface area contributed by atoms with Crippen LogP contribution in [-0.4, -0.2) is 11.8 Å². The first-order chi connectivity index (χ1) is 9.68. The second-order valence-corrected chi connectivity index (χ2v) is 4.56. The first kappa shape index (κ1) is 14.0. The normalized spacial score (nSPS) is 11.7. The Morgan fingerprint density at radius 3 is 2.10 bits per heavy atom. The summed E-state index contributed by atoms with van der Waals surface area (Å²) in [7, 11) is 0. The van der Waals surface area contributed by atoms with Crippen molar-refractivity contribution < 1.29 is 14.3 Å². The van der Waals surface area contributed by atoms with Gasteiger partial charge >= 0.3 is 5.97 Å². The van der Waals surface area contributed by atoms with Gasteiger partial charge in [0.25, 0.3) is 0 Å². The second kappa shape index (κ2) is 6.66. The lowest BCUT2D eigenvalue weighted by Crippen LogP contribution is -2.22. The van der Waals surface area contributed by atoms with Gasteiger partial charge in [0.05, 0.1) is 5.92 Å². The number of carbonyl (C=O) groups excluding carboxylic acids is 2. The van der Waals surface area contributed by atoms with Crippen molar-refractivity contribution in [3.63, 3.8) is 0 Å². The quantitative estimate of drug-likeness (QED) is 0.618. The van der Waals surface area contributed by atoms with E-state index in [1.54, 1.807) is 6.92 Å². The topological polar surface area (TPSA) is 43.4 Å². The van der Waals surface area contributed by atoms with Gasteiger partial charge in [-0.15, -0.1) is 0 Å². The largest absolute Gasteiger partial charge is 0.455 e. The summed E-state index contributed by atoms with van der Waals surface area (Å²) >= 11 is 0. The Balaban J connectivity index is 1.94. The molecular formula is C17H16O3. The van der Waals surface area contributed by atoms with Crippen LogP contribution >= 0.6 is 0 Å². The highest BCUT2D eigenvalue weighted by molar-refractivity contribution is 6.35. The van der Waals surface area contributed by atoms with E-state index in [-0.39, 0.29) is 6.61 Å². The van der Waals surface area contributed by atoms with Crippen LogP contribution in [0.15, 0.2) is 60.7 Å². The Morgan fingerprint density at radius 1 is 0.950 bits per heavy atom. The van der Waals surface area contributed by atoms with Gasteiger partial charge in [0.1, 0.15) is 6.61 Å². The minimum absolute atomic E-state index is 0.118. The summed E-state index contributed by atoms with van der Waals surface area (Å²) < 4.78 is 5.04. The first-order valence-electron chi connectivity index (χ1n) is 6.48. The van der Waals surface area contributed by atoms with Gasteiger partial charge < -0.3 is 4.74 Å². The number of ether oxygens (including phenoxy) is 1. The molecule has 0 fully saturated rings. The van der Waals surface area contributed by atoms with Crippen LogP contribution in [0.1, 0.15) is 24.0 Å². The van der Waals surface area contributed by atoms with Crippen molar-refractivity contribution >= 4 is 11.8 Å². The summed E-state index contributed by atoms with van der Waals surface area (Å²) in [6, 6.07) is 18.5. The molecule has 2 aromatic rings. The molecule has 0 saturated heterocycles. The molecule has 3 nitrogen and oxygen atoms in total. The van der Waals surface area contributed by atoms with Crippen LogP contribution in [0.5, 0.6) is 0 Å². The summed E-state index contributed by atoms with van der Waals surface area (Å²) in [5, 5.41) is 0. The van der Waals surface area contributed by atoms with Gasteiger partial charge in [0.2, 0.25) is 5.78 Å². The number of hydrogen-bond donors (Lipinski definition) is 0. The molecule has 0 aliphatic rings. The Bertz CT molecular complexity index is 576. The zero-order chi connectivity index (χ0) is 14.4. The van der Waals surface area contributed by atoms with Crippen LogP contribution in [0.4, 0.5) is 0 Å². The number of hydrogen-bond acceptors (Lipinski definition) is 3. The molecule has 0 radical (unpaired) electrons. The smallest absolute Gasteiger partial charge is 0.375 e. The molecule has 20 heavy (non-hydrogen) atoms. The Labute approximate surface area is 118 Å². The molecule has 0 N–H and O–H groups in total. The number of benzene rings is 2. The van der Waals surface area contributed by atoms with Gasteiger partial charge in [-0.1, -0.05) is 67.6 Å². The fourth-order valence-corrected chi connectivity index (χ4v) is 1.86. The number of Topliss-reactive ketones (excluding diaryl/α,β-unsaturated/α-hetero) is 1. The SMILES string of the molecule is CC(C(=O)C(=O)OCc1ccccc1)c1ccccc1. The summed E-state index contributed by atoms with van der Waals surface area (Å²) in [4.78, 5) is 23.7. The minimum Gasteiger partial charge on any atom is -0.455 e. The predicted octanol–water partition coefficient (Wildman–Crippen LogP) is 3.10. The summed E-state index contributed by atoms with van der Waals surface area (Å²) in [5.41, 5.74) is 1.68. The van der Waals surface area contributed by atoms with E-state index in [1.807, 2.05) is 60.7 Å². The average molecular weight is 268 g/mol. The van der Waals surface area contributed by atoms with E-state index in [2.05, 4.69) is 0 Å². The van der Waals surface area contributed by atoms with Crippen molar-refractivity contribution in [2.24, 2.45) is 0 Å². The molecule has 0 aliphatic carbocycles. The van der Waals surface area contributed by atoms with E-state index in [1.165, 1.54) is 0 Å². The molecule has 3 heteroatoms. The molecule has 0 amide bonds. The first-order valence-corrected chi connectivity index (χ1v) is 6.48. The summed E-state index contributed by atoms with van der Waals surface area (Å²) in [6.07, 6.45) is 0. The molecule has 0 aromatic heterocycles. The van der Waals surface area contributed by atoms with Gasteiger partial charge in [-0.25, -0.2) is 4.79 Å². The maximum absolute atomic E-state index is 12.0. The molecule has 0 saturated carbocycles. The molecule has 0 heterocycles. The van der Waals surface area contributed by atoms with Crippen molar-refractivity contribution in [2.45, 2.75) is 19.4 Å². The molecular weight excluding hydrogens is 252 g/mol. The van der Waals surface area contributed by atoms with Crippen molar-refractivity contribution in [2.75, 3.05) is 0 Å². The van der Waals surface area contributed by atoms with E-state index in [9.17, 15) is 9.59 Å². The minimum atomic E-state index is -0.787. The van der Waals surface area contributed by atoms with E-state index in [4.69, 9.17) is 4.74 Å². The number of rotatable bonds is 5. The lowest BCUT2D eigenvalue weighted by molar-refractivity contribution is -0.155. The van der Waals surface area contributed by atoms with Crippen LogP contribution in [0.3, 0.4) is 0 Å². The monoisotopic (exact) mass is 268 g/mol. The molecule has 0 aliphatic heterocycles. The highest BCUT2D eigenvalue weighted by Crippen LogP contribution is 2.16. The molecule has 1 atom stereocenters. The highest BCUT2D eigenvalue weighted by Gasteiger charge is 2.24. The lowest BCUT2D eigenvalue weighted by Gasteiger charge is -2.10. The number of ketones is 1. The fraction of sp³-hybridized carbons (Fsp3) is 0.176. The third-order valence-electron chi connectivity index (χ3n) is 3.11. The lowest BCUT2D eigenvalue weighted by atomic mass is 9.97. The molecule has 102 valence electrons. The van der Waals surface area contributed by atoms with Gasteiger partial charge in [0.15, 0.2) is 0 Å². The molecule has 2 rings (SSSR count). The van der Waals surface area contributed by atoms with Crippen molar-refractivity contribution in [1.82, 2.24) is 0 Å². The van der Waals surface area contributed by atoms with E-state index in [0.29, 0.717) is 0 Å². The predicted molar refractivity (Wildman–Crippen MR) is 76.1 cm³/mol. The van der Waals surface area contributed by atoms with Gasteiger partial charge in [-0.05, 0) is 11.1 Å². The number of esters is 1. The Kier molecular flexibility index (Phi) is 4.66. The van der Waals surface area contributed by atoms with E-state index in [0.717, 1.165) is 11.1 Å². The molecule has 2 aromatic carbocycles. The average Bonchev–Trinajstić information content (AvgIpc) is 2.53. The van der Waals surface area contributed by atoms with Crippen LogP contribution in [0.2, 0.25) is 0 Å². The van der Waals surface area contributed by atoms with Crippen molar-refractivity contribution in [3.8, 4) is 0 Å². The second-order valence-electron chi connectivity index (χ2n) is 4.56.